The molecule has 2 N–H and O–H groups in total. The molecule has 1 aliphatic heterocycles. The largest absolute Gasteiger partial charge is 0.497 e. The van der Waals surface area contributed by atoms with Crippen molar-refractivity contribution in [2.45, 2.75) is 44.8 Å². The Labute approximate surface area is 103 Å². The van der Waals surface area contributed by atoms with Crippen molar-refractivity contribution in [2.75, 3.05) is 7.11 Å². The maximum Gasteiger partial charge on any atom is 0.125 e. The van der Waals surface area contributed by atoms with Crippen LogP contribution in [-0.2, 0) is 0 Å². The Balaban J connectivity index is 2.31. The first-order valence-electron chi connectivity index (χ1n) is 6.20. The average Bonchev–Trinajstić information content (AvgIpc) is 2.28. The summed E-state index contributed by atoms with van der Waals surface area (Å²) in [6, 6.07) is 5.89. The van der Waals surface area contributed by atoms with E-state index in [9.17, 15) is 0 Å². The van der Waals surface area contributed by atoms with Crippen molar-refractivity contribution in [1.29, 1.82) is 0 Å². The van der Waals surface area contributed by atoms with Gasteiger partial charge in [-0.25, -0.2) is 0 Å². The first-order chi connectivity index (χ1) is 8.08. The highest BCUT2D eigenvalue weighted by Crippen LogP contribution is 2.41. The molecule has 94 valence electrons. The number of hydrogen-bond donors (Lipinski definition) is 1. The predicted molar refractivity (Wildman–Crippen MR) is 68.5 cm³/mol. The van der Waals surface area contributed by atoms with E-state index in [-0.39, 0.29) is 11.6 Å². The number of ether oxygens (including phenoxy) is 2. The van der Waals surface area contributed by atoms with E-state index >= 15 is 0 Å². The summed E-state index contributed by atoms with van der Waals surface area (Å²) in [5.74, 6) is 1.74. The number of rotatable bonds is 3. The van der Waals surface area contributed by atoms with Crippen molar-refractivity contribution >= 4 is 0 Å². The van der Waals surface area contributed by atoms with Crippen LogP contribution in [0, 0.1) is 0 Å². The molecule has 0 aromatic heterocycles. The summed E-state index contributed by atoms with van der Waals surface area (Å²) in [4.78, 5) is 0. The molecule has 0 fully saturated rings. The Bertz CT molecular complexity index is 405. The average molecular weight is 235 g/mol. The summed E-state index contributed by atoms with van der Waals surface area (Å²) in [5, 5.41) is 0. The molecule has 1 aromatic carbocycles. The first kappa shape index (κ1) is 12.2. The summed E-state index contributed by atoms with van der Waals surface area (Å²) in [7, 11) is 1.66. The van der Waals surface area contributed by atoms with E-state index in [1.54, 1.807) is 7.11 Å². The fourth-order valence-corrected chi connectivity index (χ4v) is 2.60. The first-order valence-corrected chi connectivity index (χ1v) is 6.20. The van der Waals surface area contributed by atoms with E-state index in [0.717, 1.165) is 36.3 Å². The molecule has 0 saturated heterocycles. The van der Waals surface area contributed by atoms with Crippen molar-refractivity contribution in [3.63, 3.8) is 0 Å². The third-order valence-electron chi connectivity index (χ3n) is 3.40. The van der Waals surface area contributed by atoms with E-state index in [4.69, 9.17) is 15.2 Å². The lowest BCUT2D eigenvalue weighted by Gasteiger charge is -2.38. The molecule has 0 saturated carbocycles. The van der Waals surface area contributed by atoms with Gasteiger partial charge in [0.2, 0.25) is 0 Å². The molecule has 0 aliphatic carbocycles. The van der Waals surface area contributed by atoms with Crippen molar-refractivity contribution in [3.05, 3.63) is 23.8 Å². The van der Waals surface area contributed by atoms with Crippen molar-refractivity contribution < 1.29 is 9.47 Å². The molecule has 0 spiro atoms. The van der Waals surface area contributed by atoms with Gasteiger partial charge in [0.25, 0.3) is 0 Å². The SMILES string of the molecule is CCCC1(C)CC(N)c2cc(OC)ccc2O1. The van der Waals surface area contributed by atoms with Crippen molar-refractivity contribution in [2.24, 2.45) is 5.73 Å². The molecule has 3 heteroatoms. The smallest absolute Gasteiger partial charge is 0.125 e. The maximum atomic E-state index is 6.24. The lowest BCUT2D eigenvalue weighted by atomic mass is 9.86. The van der Waals surface area contributed by atoms with Crippen LogP contribution in [0.1, 0.15) is 44.7 Å². The van der Waals surface area contributed by atoms with Crippen LogP contribution in [0.25, 0.3) is 0 Å². The molecule has 2 unspecified atom stereocenters. The van der Waals surface area contributed by atoms with Crippen LogP contribution < -0.4 is 15.2 Å². The number of nitrogens with two attached hydrogens (primary N) is 1. The lowest BCUT2D eigenvalue weighted by Crippen LogP contribution is -2.40. The van der Waals surface area contributed by atoms with Crippen LogP contribution in [0.4, 0.5) is 0 Å². The molecule has 0 amide bonds. The fourth-order valence-electron chi connectivity index (χ4n) is 2.60. The van der Waals surface area contributed by atoms with E-state index in [0.29, 0.717) is 0 Å². The summed E-state index contributed by atoms with van der Waals surface area (Å²) >= 11 is 0. The molecule has 3 nitrogen and oxygen atoms in total. The minimum absolute atomic E-state index is 0.0328. The highest BCUT2D eigenvalue weighted by molar-refractivity contribution is 5.44. The van der Waals surface area contributed by atoms with Gasteiger partial charge >= 0.3 is 0 Å². The monoisotopic (exact) mass is 235 g/mol. The molecule has 0 bridgehead atoms. The Kier molecular flexibility index (Phi) is 3.29. The van der Waals surface area contributed by atoms with Crippen molar-refractivity contribution in [3.8, 4) is 11.5 Å². The van der Waals surface area contributed by atoms with Gasteiger partial charge in [-0.2, -0.15) is 0 Å². The molecular weight excluding hydrogens is 214 g/mol. The molecule has 1 heterocycles. The van der Waals surface area contributed by atoms with Gasteiger partial charge < -0.3 is 15.2 Å². The second-order valence-corrected chi connectivity index (χ2v) is 5.02. The van der Waals surface area contributed by atoms with Gasteiger partial charge in [-0.3, -0.25) is 0 Å². The van der Waals surface area contributed by atoms with Gasteiger partial charge in [-0.1, -0.05) is 13.3 Å². The second kappa shape index (κ2) is 4.57. The lowest BCUT2D eigenvalue weighted by molar-refractivity contribution is 0.0447. The summed E-state index contributed by atoms with van der Waals surface area (Å²) in [6.07, 6.45) is 3.00. The van der Waals surface area contributed by atoms with Crippen LogP contribution >= 0.6 is 0 Å². The molecule has 0 radical (unpaired) electrons. The molecule has 17 heavy (non-hydrogen) atoms. The fraction of sp³-hybridized carbons (Fsp3) is 0.571. The van der Waals surface area contributed by atoms with Gasteiger partial charge in [0.05, 0.1) is 7.11 Å². The van der Waals surface area contributed by atoms with Crippen LogP contribution in [0.2, 0.25) is 0 Å². The quantitative estimate of drug-likeness (QED) is 0.875. The highest BCUT2D eigenvalue weighted by Gasteiger charge is 2.35. The number of hydrogen-bond acceptors (Lipinski definition) is 3. The van der Waals surface area contributed by atoms with Gasteiger partial charge in [0.1, 0.15) is 17.1 Å². The van der Waals surface area contributed by atoms with E-state index in [1.165, 1.54) is 0 Å². The zero-order chi connectivity index (χ0) is 12.5. The maximum absolute atomic E-state index is 6.24. The summed E-state index contributed by atoms with van der Waals surface area (Å²) in [5.41, 5.74) is 7.16. The third kappa shape index (κ3) is 2.39. The van der Waals surface area contributed by atoms with Crippen LogP contribution in [0.15, 0.2) is 18.2 Å². The van der Waals surface area contributed by atoms with Gasteiger partial charge in [0, 0.05) is 18.0 Å². The van der Waals surface area contributed by atoms with E-state index in [2.05, 4.69) is 13.8 Å². The third-order valence-corrected chi connectivity index (χ3v) is 3.40. The predicted octanol–water partition coefficient (Wildman–Crippen LogP) is 3.04. The Hall–Kier alpha value is -1.22. The minimum atomic E-state index is -0.129. The van der Waals surface area contributed by atoms with Gasteiger partial charge in [0.15, 0.2) is 0 Å². The highest BCUT2D eigenvalue weighted by atomic mass is 16.5. The standard InChI is InChI=1S/C14H21NO2/c1-4-7-14(2)9-12(15)11-8-10(16-3)5-6-13(11)17-14/h5-6,8,12H,4,7,9,15H2,1-3H3. The molecular formula is C14H21NO2. The van der Waals surface area contributed by atoms with Crippen LogP contribution in [0.3, 0.4) is 0 Å². The summed E-state index contributed by atoms with van der Waals surface area (Å²) in [6.45, 7) is 4.31. The molecule has 1 aromatic rings. The minimum Gasteiger partial charge on any atom is -0.497 e. The van der Waals surface area contributed by atoms with E-state index < -0.39 is 0 Å². The van der Waals surface area contributed by atoms with Gasteiger partial charge in [-0.15, -0.1) is 0 Å². The zero-order valence-electron chi connectivity index (χ0n) is 10.8. The molecule has 1 aliphatic rings. The Morgan fingerprint density at radius 1 is 1.53 bits per heavy atom. The van der Waals surface area contributed by atoms with E-state index in [1.807, 2.05) is 18.2 Å². The Morgan fingerprint density at radius 3 is 2.94 bits per heavy atom. The number of methoxy groups -OCH3 is 1. The van der Waals surface area contributed by atoms with Gasteiger partial charge in [-0.05, 0) is 31.5 Å². The number of benzene rings is 1. The normalized spacial score (nSPS) is 27.2. The molecule has 2 rings (SSSR count). The van der Waals surface area contributed by atoms with Crippen LogP contribution in [-0.4, -0.2) is 12.7 Å². The molecule has 2 atom stereocenters. The Morgan fingerprint density at radius 2 is 2.29 bits per heavy atom. The van der Waals surface area contributed by atoms with Crippen molar-refractivity contribution in [1.82, 2.24) is 0 Å². The number of fused-ring (bicyclic) bond motifs is 1. The zero-order valence-corrected chi connectivity index (χ0v) is 10.8. The topological polar surface area (TPSA) is 44.5 Å². The second-order valence-electron chi connectivity index (χ2n) is 5.02. The summed E-state index contributed by atoms with van der Waals surface area (Å²) < 4.78 is 11.3. The van der Waals surface area contributed by atoms with Crippen LogP contribution in [0.5, 0.6) is 11.5 Å².